The van der Waals surface area contributed by atoms with Crippen LogP contribution in [-0.4, -0.2) is 34.7 Å². The van der Waals surface area contributed by atoms with E-state index in [1.165, 1.54) is 0 Å². The quantitative estimate of drug-likeness (QED) is 0.382. The number of fused-ring (bicyclic) bond motifs is 2. The summed E-state index contributed by atoms with van der Waals surface area (Å²) >= 11 is 0. The minimum absolute atomic E-state index is 0.0514. The Hall–Kier alpha value is -3.66. The van der Waals surface area contributed by atoms with E-state index >= 15 is 0 Å². The third kappa shape index (κ3) is 3.96. The van der Waals surface area contributed by atoms with Gasteiger partial charge in [-0.25, -0.2) is 0 Å². The van der Waals surface area contributed by atoms with Gasteiger partial charge >= 0.3 is 0 Å². The van der Waals surface area contributed by atoms with Crippen molar-refractivity contribution in [2.75, 3.05) is 0 Å². The molecule has 1 aliphatic rings. The van der Waals surface area contributed by atoms with Crippen LogP contribution in [-0.2, 0) is 0 Å². The maximum atomic E-state index is 10.4. The van der Waals surface area contributed by atoms with E-state index in [2.05, 4.69) is 0 Å². The van der Waals surface area contributed by atoms with Crippen LogP contribution in [0.4, 0.5) is 0 Å². The van der Waals surface area contributed by atoms with Crippen LogP contribution >= 0.6 is 0 Å². The van der Waals surface area contributed by atoms with Gasteiger partial charge in [0.2, 0.25) is 0 Å². The van der Waals surface area contributed by atoms with Crippen LogP contribution in [0.25, 0.3) is 21.5 Å². The van der Waals surface area contributed by atoms with E-state index in [0.717, 1.165) is 58.4 Å². The van der Waals surface area contributed by atoms with E-state index in [9.17, 15) is 10.2 Å². The fourth-order valence-electron chi connectivity index (χ4n) is 4.62. The van der Waals surface area contributed by atoms with Crippen LogP contribution in [0.15, 0.2) is 82.8 Å². The second-order valence-corrected chi connectivity index (χ2v) is 8.41. The average Bonchev–Trinajstić information content (AvgIpc) is 2.83. The lowest BCUT2D eigenvalue weighted by Crippen LogP contribution is -2.27. The van der Waals surface area contributed by atoms with Gasteiger partial charge in [-0.3, -0.25) is 9.98 Å². The predicted octanol–water partition coefficient (Wildman–Crippen LogP) is 6.25. The first-order valence-corrected chi connectivity index (χ1v) is 11.2. The second kappa shape index (κ2) is 8.83. The van der Waals surface area contributed by atoms with E-state index < -0.39 is 0 Å². The largest absolute Gasteiger partial charge is 0.507 e. The highest BCUT2D eigenvalue weighted by molar-refractivity contribution is 6.03. The summed E-state index contributed by atoms with van der Waals surface area (Å²) in [5.74, 6) is 0.480. The van der Waals surface area contributed by atoms with E-state index in [1.807, 2.05) is 73.1 Å². The van der Waals surface area contributed by atoms with Crippen molar-refractivity contribution < 1.29 is 10.2 Å². The minimum Gasteiger partial charge on any atom is -0.507 e. The number of hydrogen-bond donors (Lipinski definition) is 2. The Morgan fingerprint density at radius 1 is 0.594 bits per heavy atom. The highest BCUT2D eigenvalue weighted by atomic mass is 16.3. The Morgan fingerprint density at radius 2 is 1.03 bits per heavy atom. The lowest BCUT2D eigenvalue weighted by molar-refractivity contribution is 0.390. The van der Waals surface area contributed by atoms with E-state index in [-0.39, 0.29) is 23.6 Å². The van der Waals surface area contributed by atoms with Gasteiger partial charge in [0.25, 0.3) is 0 Å². The van der Waals surface area contributed by atoms with Crippen LogP contribution in [0.1, 0.15) is 36.8 Å². The third-order valence-electron chi connectivity index (χ3n) is 6.38. The SMILES string of the molecule is Oc1ccc2ccccc2c1C=N[C@@H]1CCCC[C@H]1N=Cc1c(O)ccc2ccccc12. The summed E-state index contributed by atoms with van der Waals surface area (Å²) in [4.78, 5) is 9.76. The Morgan fingerprint density at radius 3 is 1.50 bits per heavy atom. The second-order valence-electron chi connectivity index (χ2n) is 8.41. The fraction of sp³-hybridized carbons (Fsp3) is 0.214. The van der Waals surface area contributed by atoms with E-state index in [1.54, 1.807) is 12.1 Å². The number of nitrogens with zero attached hydrogens (tertiary/aromatic N) is 2. The van der Waals surface area contributed by atoms with Gasteiger partial charge in [-0.15, -0.1) is 0 Å². The molecule has 2 atom stereocenters. The highest BCUT2D eigenvalue weighted by Crippen LogP contribution is 2.29. The lowest BCUT2D eigenvalue weighted by Gasteiger charge is -2.25. The number of aliphatic imine (C=N–C) groups is 2. The molecule has 0 aromatic heterocycles. The van der Waals surface area contributed by atoms with Gasteiger partial charge in [-0.2, -0.15) is 0 Å². The number of aromatic hydroxyl groups is 2. The zero-order valence-electron chi connectivity index (χ0n) is 17.9. The van der Waals surface area contributed by atoms with Crippen molar-refractivity contribution in [1.29, 1.82) is 0 Å². The standard InChI is InChI=1S/C28H26N2O2/c31-27-15-13-19-7-1-3-9-21(19)23(27)17-29-25-11-5-6-12-26(25)30-18-24-22-10-4-2-8-20(22)14-16-28(24)32/h1-4,7-10,13-18,25-26,31-32H,5-6,11-12H2/t25-,26-/m1/s1. The van der Waals surface area contributed by atoms with Gasteiger partial charge in [-0.05, 0) is 46.5 Å². The van der Waals surface area contributed by atoms with Crippen LogP contribution < -0.4 is 0 Å². The molecule has 0 saturated heterocycles. The van der Waals surface area contributed by atoms with Crippen molar-refractivity contribution in [3.05, 3.63) is 83.9 Å². The smallest absolute Gasteiger partial charge is 0.124 e. The van der Waals surface area contributed by atoms with Crippen molar-refractivity contribution in [3.8, 4) is 11.5 Å². The van der Waals surface area contributed by atoms with Crippen LogP contribution in [0.5, 0.6) is 11.5 Å². The lowest BCUT2D eigenvalue weighted by atomic mass is 9.91. The fourth-order valence-corrected chi connectivity index (χ4v) is 4.62. The molecule has 2 N–H and O–H groups in total. The molecule has 0 aliphatic heterocycles. The average molecular weight is 423 g/mol. The molecule has 4 aromatic rings. The predicted molar refractivity (Wildman–Crippen MR) is 132 cm³/mol. The number of benzene rings is 4. The Bertz CT molecular complexity index is 1220. The zero-order valence-corrected chi connectivity index (χ0v) is 17.9. The summed E-state index contributed by atoms with van der Waals surface area (Å²) in [6.45, 7) is 0. The molecule has 4 heteroatoms. The minimum atomic E-state index is 0.0514. The normalized spacial score (nSPS) is 19.4. The van der Waals surface area contributed by atoms with Gasteiger partial charge in [0.1, 0.15) is 11.5 Å². The number of phenolic OH excluding ortho intramolecular Hbond substituents is 2. The molecule has 4 aromatic carbocycles. The molecule has 4 nitrogen and oxygen atoms in total. The van der Waals surface area contributed by atoms with Gasteiger partial charge < -0.3 is 10.2 Å². The van der Waals surface area contributed by atoms with Gasteiger partial charge in [0.15, 0.2) is 0 Å². The molecule has 0 bridgehead atoms. The topological polar surface area (TPSA) is 65.2 Å². The van der Waals surface area contributed by atoms with Crippen molar-refractivity contribution in [2.45, 2.75) is 37.8 Å². The Balaban J connectivity index is 1.45. The molecule has 32 heavy (non-hydrogen) atoms. The number of hydrogen-bond acceptors (Lipinski definition) is 4. The number of rotatable bonds is 4. The first-order chi connectivity index (χ1) is 15.7. The van der Waals surface area contributed by atoms with Crippen molar-refractivity contribution in [1.82, 2.24) is 0 Å². The molecule has 1 saturated carbocycles. The molecule has 0 unspecified atom stereocenters. The van der Waals surface area contributed by atoms with Crippen molar-refractivity contribution in [3.63, 3.8) is 0 Å². The molecule has 0 spiro atoms. The monoisotopic (exact) mass is 422 g/mol. The van der Waals surface area contributed by atoms with Gasteiger partial charge in [-0.1, -0.05) is 73.5 Å². The highest BCUT2D eigenvalue weighted by Gasteiger charge is 2.23. The van der Waals surface area contributed by atoms with Crippen molar-refractivity contribution in [2.24, 2.45) is 9.98 Å². The third-order valence-corrected chi connectivity index (χ3v) is 6.38. The summed E-state index contributed by atoms with van der Waals surface area (Å²) in [5, 5.41) is 25.0. The van der Waals surface area contributed by atoms with Gasteiger partial charge in [0, 0.05) is 23.6 Å². The summed E-state index contributed by atoms with van der Waals surface area (Å²) in [6.07, 6.45) is 7.79. The molecule has 0 amide bonds. The maximum Gasteiger partial charge on any atom is 0.124 e. The van der Waals surface area contributed by atoms with E-state index in [4.69, 9.17) is 9.98 Å². The molecular weight excluding hydrogens is 396 g/mol. The molecule has 1 aliphatic carbocycles. The molecular formula is C28H26N2O2. The molecule has 0 heterocycles. The summed E-state index contributed by atoms with van der Waals surface area (Å²) in [6, 6.07) is 23.4. The molecule has 0 radical (unpaired) electrons. The first kappa shape index (κ1) is 20.3. The van der Waals surface area contributed by atoms with Gasteiger partial charge in [0.05, 0.1) is 12.1 Å². The van der Waals surface area contributed by atoms with Crippen molar-refractivity contribution >= 4 is 34.0 Å². The van der Waals surface area contributed by atoms with E-state index in [0.29, 0.717) is 0 Å². The zero-order chi connectivity index (χ0) is 21.9. The summed E-state index contributed by atoms with van der Waals surface area (Å²) in [5.41, 5.74) is 1.51. The van der Waals surface area contributed by atoms with Crippen LogP contribution in [0.3, 0.4) is 0 Å². The number of phenols is 2. The molecule has 5 rings (SSSR count). The summed E-state index contributed by atoms with van der Waals surface area (Å²) < 4.78 is 0. The first-order valence-electron chi connectivity index (χ1n) is 11.2. The Kier molecular flexibility index (Phi) is 5.59. The molecule has 160 valence electrons. The van der Waals surface area contributed by atoms with Crippen LogP contribution in [0, 0.1) is 0 Å². The van der Waals surface area contributed by atoms with Crippen LogP contribution in [0.2, 0.25) is 0 Å². The molecule has 1 fully saturated rings. The maximum absolute atomic E-state index is 10.4. The summed E-state index contributed by atoms with van der Waals surface area (Å²) in [7, 11) is 0. The Labute approximate surface area is 187 Å².